The number of ether oxygens (including phenoxy) is 1. The Kier molecular flexibility index (Phi) is 3.93. The van der Waals surface area contributed by atoms with Gasteiger partial charge in [0.05, 0.1) is 13.2 Å². The summed E-state index contributed by atoms with van der Waals surface area (Å²) in [5.74, 6) is 0.986. The van der Waals surface area contributed by atoms with Crippen molar-refractivity contribution in [3.63, 3.8) is 0 Å². The van der Waals surface area contributed by atoms with Crippen molar-refractivity contribution in [2.75, 3.05) is 13.7 Å². The first kappa shape index (κ1) is 15.5. The molecule has 122 valence electrons. The van der Waals surface area contributed by atoms with Gasteiger partial charge in [0.1, 0.15) is 5.75 Å². The number of piperidine rings is 1. The number of hydrogen-bond acceptors (Lipinski definition) is 2. The smallest absolute Gasteiger partial charge is 0.254 e. The molecule has 2 aromatic rings. The lowest BCUT2D eigenvalue weighted by Crippen LogP contribution is -2.33. The predicted molar refractivity (Wildman–Crippen MR) is 98.3 cm³/mol. The number of para-hydroxylation sites is 1. The lowest BCUT2D eigenvalue weighted by Gasteiger charge is -2.33. The van der Waals surface area contributed by atoms with Crippen molar-refractivity contribution < 1.29 is 9.53 Å². The number of carbonyl (C=O) groups excluding carboxylic acids is 1. The summed E-state index contributed by atoms with van der Waals surface area (Å²) < 4.78 is 6.56. The molecule has 0 aromatic heterocycles. The number of nitrogens with zero attached hydrogens (tertiary/aromatic N) is 1. The van der Waals surface area contributed by atoms with E-state index in [1.165, 1.54) is 5.57 Å². The first-order valence-electron chi connectivity index (χ1n) is 8.14. The molecule has 24 heavy (non-hydrogen) atoms. The second-order valence-corrected chi connectivity index (χ2v) is 6.92. The SMILES string of the molecule is COc1ccccc1/C(Br)=C1/CCCN2C(=O)c3ccccc3C12. The van der Waals surface area contributed by atoms with Gasteiger partial charge in [-0.15, -0.1) is 0 Å². The molecular formula is C20H18BrNO2. The lowest BCUT2D eigenvalue weighted by atomic mass is 9.90. The van der Waals surface area contributed by atoms with Gasteiger partial charge in [-0.05, 0) is 52.0 Å². The third-order valence-corrected chi connectivity index (χ3v) is 5.80. The van der Waals surface area contributed by atoms with Crippen LogP contribution in [0.3, 0.4) is 0 Å². The van der Waals surface area contributed by atoms with Gasteiger partial charge in [-0.1, -0.05) is 36.4 Å². The zero-order chi connectivity index (χ0) is 16.7. The Morgan fingerprint density at radius 1 is 1.17 bits per heavy atom. The molecule has 4 heteroatoms. The molecule has 0 saturated carbocycles. The minimum Gasteiger partial charge on any atom is -0.496 e. The fourth-order valence-corrected chi connectivity index (χ4v) is 4.52. The number of halogens is 1. The van der Waals surface area contributed by atoms with E-state index in [4.69, 9.17) is 4.74 Å². The van der Waals surface area contributed by atoms with E-state index in [1.54, 1.807) is 7.11 Å². The predicted octanol–water partition coefficient (Wildman–Crippen LogP) is 4.79. The van der Waals surface area contributed by atoms with Crippen molar-refractivity contribution in [2.24, 2.45) is 0 Å². The second kappa shape index (κ2) is 6.10. The van der Waals surface area contributed by atoms with Crippen LogP contribution in [-0.4, -0.2) is 24.5 Å². The maximum absolute atomic E-state index is 12.7. The van der Waals surface area contributed by atoms with Crippen molar-refractivity contribution in [3.05, 3.63) is 70.8 Å². The molecule has 2 heterocycles. The first-order chi connectivity index (χ1) is 11.7. The Bertz CT molecular complexity index is 843. The number of rotatable bonds is 2. The van der Waals surface area contributed by atoms with E-state index in [1.807, 2.05) is 41.3 Å². The van der Waals surface area contributed by atoms with Gasteiger partial charge >= 0.3 is 0 Å². The van der Waals surface area contributed by atoms with Crippen LogP contribution < -0.4 is 4.74 Å². The summed E-state index contributed by atoms with van der Waals surface area (Å²) in [7, 11) is 1.69. The molecule has 1 amide bonds. The standard InChI is InChI=1S/C20H18BrNO2/c1-24-17-11-5-4-9-15(17)18(21)16-10-6-12-22-19(16)13-7-2-3-8-14(13)20(22)23/h2-5,7-9,11,19H,6,10,12H2,1H3/b18-16+. The monoisotopic (exact) mass is 383 g/mol. The maximum atomic E-state index is 12.7. The molecule has 0 bridgehead atoms. The quantitative estimate of drug-likeness (QED) is 0.745. The van der Waals surface area contributed by atoms with Crippen LogP contribution in [-0.2, 0) is 0 Å². The van der Waals surface area contributed by atoms with Crippen LogP contribution >= 0.6 is 15.9 Å². The highest BCUT2D eigenvalue weighted by Gasteiger charge is 2.41. The summed E-state index contributed by atoms with van der Waals surface area (Å²) in [6.45, 7) is 0.813. The van der Waals surface area contributed by atoms with Crippen LogP contribution in [0.4, 0.5) is 0 Å². The molecule has 1 fully saturated rings. The van der Waals surface area contributed by atoms with Gasteiger partial charge in [0, 0.05) is 22.2 Å². The van der Waals surface area contributed by atoms with Crippen molar-refractivity contribution in [1.82, 2.24) is 4.90 Å². The van der Waals surface area contributed by atoms with Crippen LogP contribution in [0.25, 0.3) is 4.48 Å². The molecule has 2 aliphatic rings. The van der Waals surface area contributed by atoms with E-state index < -0.39 is 0 Å². The number of amides is 1. The number of fused-ring (bicyclic) bond motifs is 3. The van der Waals surface area contributed by atoms with Crippen LogP contribution in [0.1, 0.15) is 40.4 Å². The summed E-state index contributed by atoms with van der Waals surface area (Å²) in [5, 5.41) is 0. The average Bonchev–Trinajstić information content (AvgIpc) is 2.94. The van der Waals surface area contributed by atoms with Gasteiger partial charge in [0.2, 0.25) is 0 Å². The molecule has 2 aliphatic heterocycles. The van der Waals surface area contributed by atoms with E-state index in [9.17, 15) is 4.79 Å². The summed E-state index contributed by atoms with van der Waals surface area (Å²) in [4.78, 5) is 14.7. The van der Waals surface area contributed by atoms with Crippen LogP contribution in [0.2, 0.25) is 0 Å². The summed E-state index contributed by atoms with van der Waals surface area (Å²) in [6.07, 6.45) is 1.96. The Balaban J connectivity index is 1.88. The van der Waals surface area contributed by atoms with Gasteiger partial charge in [0.25, 0.3) is 5.91 Å². The molecule has 4 rings (SSSR count). The minimum atomic E-state index is 0.0294. The molecule has 1 unspecified atom stereocenters. The van der Waals surface area contributed by atoms with E-state index in [2.05, 4.69) is 28.1 Å². The zero-order valence-corrected chi connectivity index (χ0v) is 15.0. The fourth-order valence-electron chi connectivity index (χ4n) is 3.78. The zero-order valence-electron chi connectivity index (χ0n) is 13.5. The van der Waals surface area contributed by atoms with Crippen LogP contribution in [0.15, 0.2) is 54.1 Å². The molecule has 0 radical (unpaired) electrons. The van der Waals surface area contributed by atoms with Crippen LogP contribution in [0, 0.1) is 0 Å². The Labute approximate surface area is 150 Å². The number of carbonyl (C=O) groups is 1. The number of hydrogen-bond donors (Lipinski definition) is 0. The normalized spacial score (nSPS) is 21.3. The molecule has 0 N–H and O–H groups in total. The summed E-state index contributed by atoms with van der Waals surface area (Å²) >= 11 is 3.81. The molecule has 0 aliphatic carbocycles. The van der Waals surface area contributed by atoms with E-state index in [0.29, 0.717) is 0 Å². The van der Waals surface area contributed by atoms with E-state index >= 15 is 0 Å². The largest absolute Gasteiger partial charge is 0.496 e. The Morgan fingerprint density at radius 3 is 2.75 bits per heavy atom. The van der Waals surface area contributed by atoms with Crippen LogP contribution in [0.5, 0.6) is 5.75 Å². The number of methoxy groups -OCH3 is 1. The summed E-state index contributed by atoms with van der Waals surface area (Å²) in [6, 6.07) is 16.0. The molecule has 1 atom stereocenters. The maximum Gasteiger partial charge on any atom is 0.254 e. The highest BCUT2D eigenvalue weighted by molar-refractivity contribution is 9.15. The van der Waals surface area contributed by atoms with Crippen molar-refractivity contribution in [2.45, 2.75) is 18.9 Å². The van der Waals surface area contributed by atoms with Gasteiger partial charge in [-0.25, -0.2) is 0 Å². The molecular weight excluding hydrogens is 366 g/mol. The fraction of sp³-hybridized carbons (Fsp3) is 0.250. The van der Waals surface area contributed by atoms with Gasteiger partial charge in [-0.3, -0.25) is 4.79 Å². The number of benzene rings is 2. The second-order valence-electron chi connectivity index (χ2n) is 6.13. The average molecular weight is 384 g/mol. The highest BCUT2D eigenvalue weighted by atomic mass is 79.9. The van der Waals surface area contributed by atoms with Gasteiger partial charge in [-0.2, -0.15) is 0 Å². The third kappa shape index (κ3) is 2.28. The Morgan fingerprint density at radius 2 is 1.92 bits per heavy atom. The third-order valence-electron chi connectivity index (χ3n) is 4.86. The first-order valence-corrected chi connectivity index (χ1v) is 8.93. The molecule has 0 spiro atoms. The van der Waals surface area contributed by atoms with Gasteiger partial charge < -0.3 is 9.64 Å². The topological polar surface area (TPSA) is 29.5 Å². The lowest BCUT2D eigenvalue weighted by molar-refractivity contribution is 0.0722. The Hall–Kier alpha value is -2.07. The molecule has 3 nitrogen and oxygen atoms in total. The molecule has 2 aromatic carbocycles. The molecule has 1 saturated heterocycles. The minimum absolute atomic E-state index is 0.0294. The van der Waals surface area contributed by atoms with Crippen molar-refractivity contribution in [1.29, 1.82) is 0 Å². The van der Waals surface area contributed by atoms with E-state index in [0.717, 1.165) is 46.3 Å². The highest BCUT2D eigenvalue weighted by Crippen LogP contribution is 2.48. The van der Waals surface area contributed by atoms with E-state index in [-0.39, 0.29) is 11.9 Å². The summed E-state index contributed by atoms with van der Waals surface area (Å²) in [5.41, 5.74) is 4.24. The van der Waals surface area contributed by atoms with Crippen molar-refractivity contribution in [3.8, 4) is 5.75 Å². The van der Waals surface area contributed by atoms with Gasteiger partial charge in [0.15, 0.2) is 0 Å². The van der Waals surface area contributed by atoms with Crippen molar-refractivity contribution >= 4 is 26.3 Å².